The molecular weight excluding hydrogens is 274 g/mol. The summed E-state index contributed by atoms with van der Waals surface area (Å²) >= 11 is 7.65. The van der Waals surface area contributed by atoms with Crippen LogP contribution in [0.4, 0.5) is 5.69 Å². The van der Waals surface area contributed by atoms with Crippen molar-refractivity contribution in [2.45, 2.75) is 10.9 Å². The lowest BCUT2D eigenvalue weighted by Gasteiger charge is -2.31. The number of anilines is 1. The third-order valence-electron chi connectivity index (χ3n) is 3.65. The van der Waals surface area contributed by atoms with Crippen molar-refractivity contribution in [1.29, 1.82) is 0 Å². The molecule has 3 nitrogen and oxygen atoms in total. The summed E-state index contributed by atoms with van der Waals surface area (Å²) in [5.41, 5.74) is 1.29. The highest BCUT2D eigenvalue weighted by atomic mass is 32.2. The highest BCUT2D eigenvalue weighted by molar-refractivity contribution is 7.99. The van der Waals surface area contributed by atoms with Crippen molar-refractivity contribution in [3.8, 4) is 0 Å². The number of fused-ring (bicyclic) bond motifs is 3. The molecule has 0 saturated carbocycles. The normalized spacial score (nSPS) is 21.8. The highest BCUT2D eigenvalue weighted by Crippen LogP contribution is 2.40. The smallest absolute Gasteiger partial charge is 0.176 e. The number of likely N-dealkylation sites (N-methyl/N-ethyl adjacent to an activating group) is 1. The van der Waals surface area contributed by atoms with E-state index in [9.17, 15) is 0 Å². The summed E-state index contributed by atoms with van der Waals surface area (Å²) in [5.74, 6) is 1.13. The Morgan fingerprint density at radius 3 is 2.95 bits per heavy atom. The van der Waals surface area contributed by atoms with E-state index in [4.69, 9.17) is 12.2 Å². The van der Waals surface area contributed by atoms with Gasteiger partial charge in [0.05, 0.1) is 11.7 Å². The van der Waals surface area contributed by atoms with Crippen LogP contribution in [0.5, 0.6) is 0 Å². The van der Waals surface area contributed by atoms with Crippen molar-refractivity contribution < 1.29 is 0 Å². The fraction of sp³-hybridized carbons (Fsp3) is 0.500. The predicted molar refractivity (Wildman–Crippen MR) is 86.2 cm³/mol. The van der Waals surface area contributed by atoms with E-state index in [1.807, 2.05) is 11.8 Å². The van der Waals surface area contributed by atoms with Crippen molar-refractivity contribution in [2.75, 3.05) is 44.4 Å². The van der Waals surface area contributed by atoms with Gasteiger partial charge in [-0.15, -0.1) is 11.8 Å². The molecule has 1 saturated heterocycles. The molecule has 5 heteroatoms. The average Bonchev–Trinajstić information content (AvgIpc) is 2.73. The van der Waals surface area contributed by atoms with E-state index < -0.39 is 0 Å². The topological polar surface area (TPSA) is 9.72 Å². The van der Waals surface area contributed by atoms with E-state index in [0.717, 1.165) is 30.5 Å². The SMILES string of the molecule is CN(C)CCN1CC2CSc3ccccc3N2C1=S. The molecule has 2 aliphatic rings. The van der Waals surface area contributed by atoms with Gasteiger partial charge in [-0.1, -0.05) is 12.1 Å². The summed E-state index contributed by atoms with van der Waals surface area (Å²) in [6, 6.07) is 9.13. The molecule has 0 aromatic heterocycles. The van der Waals surface area contributed by atoms with Gasteiger partial charge in [0.1, 0.15) is 0 Å². The van der Waals surface area contributed by atoms with Crippen LogP contribution in [-0.4, -0.2) is 60.4 Å². The van der Waals surface area contributed by atoms with E-state index in [1.54, 1.807) is 0 Å². The van der Waals surface area contributed by atoms with E-state index in [0.29, 0.717) is 6.04 Å². The molecule has 19 heavy (non-hydrogen) atoms. The Balaban J connectivity index is 1.81. The Bertz CT molecular complexity index is 489. The zero-order valence-corrected chi connectivity index (χ0v) is 13.0. The minimum atomic E-state index is 0.537. The number of benzene rings is 1. The first-order valence-electron chi connectivity index (χ1n) is 6.61. The molecule has 1 fully saturated rings. The second kappa shape index (κ2) is 5.31. The number of rotatable bonds is 3. The number of nitrogens with zero attached hydrogens (tertiary/aromatic N) is 3. The van der Waals surface area contributed by atoms with Crippen molar-refractivity contribution >= 4 is 34.8 Å². The van der Waals surface area contributed by atoms with Gasteiger partial charge in [0, 0.05) is 30.3 Å². The van der Waals surface area contributed by atoms with Crippen LogP contribution in [-0.2, 0) is 0 Å². The maximum absolute atomic E-state index is 5.69. The Kier molecular flexibility index (Phi) is 3.69. The monoisotopic (exact) mass is 293 g/mol. The van der Waals surface area contributed by atoms with Gasteiger partial charge >= 0.3 is 0 Å². The quantitative estimate of drug-likeness (QED) is 0.788. The van der Waals surface area contributed by atoms with Crippen LogP contribution in [0.15, 0.2) is 29.2 Å². The standard InChI is InChI=1S/C14H19N3S2/c1-15(2)7-8-16-9-11-10-19-13-6-4-3-5-12(13)17(11)14(16)18/h3-6,11H,7-10H2,1-2H3. The first kappa shape index (κ1) is 13.2. The highest BCUT2D eigenvalue weighted by Gasteiger charge is 2.38. The molecule has 0 N–H and O–H groups in total. The molecule has 2 heterocycles. The summed E-state index contributed by atoms with van der Waals surface area (Å²) in [4.78, 5) is 8.28. The first-order valence-corrected chi connectivity index (χ1v) is 8.01. The van der Waals surface area contributed by atoms with Crippen LogP contribution in [0.3, 0.4) is 0 Å². The molecule has 1 aromatic carbocycles. The van der Waals surface area contributed by atoms with Crippen LogP contribution in [0, 0.1) is 0 Å². The average molecular weight is 293 g/mol. The van der Waals surface area contributed by atoms with Crippen LogP contribution >= 0.6 is 24.0 Å². The fourth-order valence-electron chi connectivity index (χ4n) is 2.62. The molecule has 1 atom stereocenters. The summed E-state index contributed by atoms with van der Waals surface area (Å²) in [5, 5.41) is 1.000. The zero-order valence-electron chi connectivity index (χ0n) is 11.4. The maximum atomic E-state index is 5.69. The minimum Gasteiger partial charge on any atom is -0.345 e. The van der Waals surface area contributed by atoms with Crippen LogP contribution < -0.4 is 4.90 Å². The first-order chi connectivity index (χ1) is 9.16. The van der Waals surface area contributed by atoms with Crippen molar-refractivity contribution in [1.82, 2.24) is 9.80 Å². The summed E-state index contributed by atoms with van der Waals surface area (Å²) in [7, 11) is 4.22. The Morgan fingerprint density at radius 1 is 1.37 bits per heavy atom. The van der Waals surface area contributed by atoms with E-state index in [2.05, 4.69) is 53.1 Å². The largest absolute Gasteiger partial charge is 0.345 e. The van der Waals surface area contributed by atoms with Crippen molar-refractivity contribution in [3.63, 3.8) is 0 Å². The van der Waals surface area contributed by atoms with Crippen LogP contribution in [0.25, 0.3) is 0 Å². The molecule has 1 unspecified atom stereocenters. The fourth-order valence-corrected chi connectivity index (χ4v) is 4.15. The van der Waals surface area contributed by atoms with Crippen LogP contribution in [0.2, 0.25) is 0 Å². The van der Waals surface area contributed by atoms with Gasteiger partial charge in [-0.2, -0.15) is 0 Å². The van der Waals surface area contributed by atoms with Gasteiger partial charge in [-0.3, -0.25) is 0 Å². The summed E-state index contributed by atoms with van der Waals surface area (Å²) < 4.78 is 0. The lowest BCUT2D eigenvalue weighted by atomic mass is 10.2. The van der Waals surface area contributed by atoms with E-state index in [-0.39, 0.29) is 0 Å². The lowest BCUT2D eigenvalue weighted by molar-refractivity contribution is 0.341. The Labute approximate surface area is 124 Å². The number of thiocarbonyl (C=S) groups is 1. The summed E-state index contributed by atoms with van der Waals surface area (Å²) in [6.45, 7) is 3.13. The van der Waals surface area contributed by atoms with Gasteiger partial charge in [-0.25, -0.2) is 0 Å². The molecule has 0 bridgehead atoms. The predicted octanol–water partition coefficient (Wildman–Crippen LogP) is 2.13. The molecule has 0 radical (unpaired) electrons. The van der Waals surface area contributed by atoms with Crippen molar-refractivity contribution in [2.24, 2.45) is 0 Å². The molecule has 3 rings (SSSR count). The zero-order chi connectivity index (χ0) is 13.4. The number of hydrogen-bond donors (Lipinski definition) is 0. The van der Waals surface area contributed by atoms with Gasteiger partial charge in [-0.05, 0) is 38.4 Å². The molecule has 102 valence electrons. The second-order valence-corrected chi connectivity index (χ2v) is 6.76. The van der Waals surface area contributed by atoms with E-state index >= 15 is 0 Å². The third kappa shape index (κ3) is 2.47. The molecule has 0 spiro atoms. The Morgan fingerprint density at radius 2 is 2.16 bits per heavy atom. The number of hydrogen-bond acceptors (Lipinski definition) is 3. The molecular formula is C14H19N3S2. The maximum Gasteiger partial charge on any atom is 0.176 e. The molecule has 2 aliphatic heterocycles. The van der Waals surface area contributed by atoms with E-state index in [1.165, 1.54) is 10.6 Å². The van der Waals surface area contributed by atoms with Gasteiger partial charge in [0.2, 0.25) is 0 Å². The number of para-hydroxylation sites is 1. The van der Waals surface area contributed by atoms with Gasteiger partial charge < -0.3 is 14.7 Å². The molecule has 0 amide bonds. The van der Waals surface area contributed by atoms with Crippen LogP contribution in [0.1, 0.15) is 0 Å². The minimum absolute atomic E-state index is 0.537. The lowest BCUT2D eigenvalue weighted by Crippen LogP contribution is -2.39. The molecule has 1 aromatic rings. The number of thioether (sulfide) groups is 1. The van der Waals surface area contributed by atoms with Crippen molar-refractivity contribution in [3.05, 3.63) is 24.3 Å². The molecule has 0 aliphatic carbocycles. The second-order valence-electron chi connectivity index (χ2n) is 5.33. The summed E-state index contributed by atoms with van der Waals surface area (Å²) in [6.07, 6.45) is 0. The van der Waals surface area contributed by atoms with Gasteiger partial charge in [0.15, 0.2) is 5.11 Å². The van der Waals surface area contributed by atoms with Gasteiger partial charge in [0.25, 0.3) is 0 Å². The third-order valence-corrected chi connectivity index (χ3v) is 5.31. The Hall–Kier alpha value is -0.780.